The fourth-order valence-corrected chi connectivity index (χ4v) is 4.96. The van der Waals surface area contributed by atoms with E-state index < -0.39 is 15.8 Å². The zero-order valence-corrected chi connectivity index (χ0v) is 19.5. The number of rotatable bonds is 7. The number of carbonyl (C=O) groups excluding carboxylic acids is 1. The number of hydrogen-bond acceptors (Lipinski definition) is 5. The molecule has 178 valence electrons. The molecule has 1 saturated heterocycles. The van der Waals surface area contributed by atoms with Crippen LogP contribution in [-0.4, -0.2) is 40.6 Å². The highest BCUT2D eigenvalue weighted by Crippen LogP contribution is 2.24. The van der Waals surface area contributed by atoms with Gasteiger partial charge in [0.05, 0.1) is 11.0 Å². The van der Waals surface area contributed by atoms with E-state index in [0.29, 0.717) is 11.8 Å². The van der Waals surface area contributed by atoms with Crippen LogP contribution in [0.25, 0.3) is 0 Å². The van der Waals surface area contributed by atoms with Crippen LogP contribution >= 0.6 is 0 Å². The molecule has 0 saturated carbocycles. The van der Waals surface area contributed by atoms with Crippen molar-refractivity contribution >= 4 is 33.0 Å². The van der Waals surface area contributed by atoms with Crippen molar-refractivity contribution in [3.63, 3.8) is 0 Å². The van der Waals surface area contributed by atoms with Crippen molar-refractivity contribution in [1.29, 1.82) is 0 Å². The molecular formula is C25H26FN3O4S. The standard InChI is InChI=1S/C25H26FN3O4S/c1-33-23-12-14-29(15-13-23)22-10-8-20(9-11-22)27-25(30)18-4-2-6-21(16-18)28-34(31,32)24-7-3-5-19(26)17-24/h2-11,16-17,23,28H,12-15H2,1H3,(H,27,30). The fourth-order valence-electron chi connectivity index (χ4n) is 3.88. The van der Waals surface area contributed by atoms with Gasteiger partial charge in [0.1, 0.15) is 5.82 Å². The zero-order valence-electron chi connectivity index (χ0n) is 18.7. The maximum atomic E-state index is 13.4. The number of ether oxygens (including phenoxy) is 1. The van der Waals surface area contributed by atoms with Gasteiger partial charge in [0, 0.05) is 42.8 Å². The maximum Gasteiger partial charge on any atom is 0.261 e. The van der Waals surface area contributed by atoms with E-state index >= 15 is 0 Å². The molecule has 0 aliphatic carbocycles. The molecule has 1 amide bonds. The smallest absolute Gasteiger partial charge is 0.261 e. The van der Waals surface area contributed by atoms with Crippen LogP contribution in [-0.2, 0) is 14.8 Å². The number of hydrogen-bond donors (Lipinski definition) is 2. The molecule has 4 rings (SSSR count). The van der Waals surface area contributed by atoms with E-state index in [1.807, 2.05) is 24.3 Å². The average molecular weight is 484 g/mol. The first kappa shape index (κ1) is 23.7. The number of halogens is 1. The third-order valence-corrected chi connectivity index (χ3v) is 7.13. The Morgan fingerprint density at radius 1 is 0.971 bits per heavy atom. The molecule has 0 unspecified atom stereocenters. The van der Waals surface area contributed by atoms with Crippen LogP contribution in [0.2, 0.25) is 0 Å². The van der Waals surface area contributed by atoms with Gasteiger partial charge >= 0.3 is 0 Å². The molecule has 3 aromatic carbocycles. The topological polar surface area (TPSA) is 87.7 Å². The van der Waals surface area contributed by atoms with E-state index in [1.165, 1.54) is 30.3 Å². The SMILES string of the molecule is COC1CCN(c2ccc(NC(=O)c3cccc(NS(=O)(=O)c4cccc(F)c4)c3)cc2)CC1. The van der Waals surface area contributed by atoms with Gasteiger partial charge in [-0.05, 0) is 73.5 Å². The molecule has 1 fully saturated rings. The summed E-state index contributed by atoms with van der Waals surface area (Å²) in [5, 5.41) is 2.83. The second-order valence-corrected chi connectivity index (χ2v) is 9.75. The average Bonchev–Trinajstić information content (AvgIpc) is 2.84. The molecule has 0 aromatic heterocycles. The van der Waals surface area contributed by atoms with Crippen LogP contribution in [0.5, 0.6) is 0 Å². The Hall–Kier alpha value is -3.43. The van der Waals surface area contributed by atoms with Crippen LogP contribution in [0, 0.1) is 5.82 Å². The van der Waals surface area contributed by atoms with Crippen molar-refractivity contribution in [2.24, 2.45) is 0 Å². The number of sulfonamides is 1. The van der Waals surface area contributed by atoms with Crippen LogP contribution in [0.3, 0.4) is 0 Å². The first-order valence-electron chi connectivity index (χ1n) is 10.9. The van der Waals surface area contributed by atoms with Crippen molar-refractivity contribution < 1.29 is 22.3 Å². The van der Waals surface area contributed by atoms with E-state index in [2.05, 4.69) is 14.9 Å². The lowest BCUT2D eigenvalue weighted by Gasteiger charge is -2.33. The number of methoxy groups -OCH3 is 1. The van der Waals surface area contributed by atoms with Crippen LogP contribution in [0.4, 0.5) is 21.5 Å². The molecule has 1 heterocycles. The lowest BCUT2D eigenvalue weighted by molar-refractivity contribution is 0.0819. The van der Waals surface area contributed by atoms with E-state index in [1.54, 1.807) is 19.2 Å². The highest BCUT2D eigenvalue weighted by Gasteiger charge is 2.19. The second-order valence-electron chi connectivity index (χ2n) is 8.07. The Morgan fingerprint density at radius 2 is 1.68 bits per heavy atom. The van der Waals surface area contributed by atoms with E-state index in [9.17, 15) is 17.6 Å². The minimum atomic E-state index is -3.99. The van der Waals surface area contributed by atoms with Gasteiger partial charge in [-0.25, -0.2) is 12.8 Å². The van der Waals surface area contributed by atoms with Gasteiger partial charge in [-0.15, -0.1) is 0 Å². The molecule has 0 bridgehead atoms. The molecule has 0 radical (unpaired) electrons. The lowest BCUT2D eigenvalue weighted by Crippen LogP contribution is -2.36. The molecular weight excluding hydrogens is 457 g/mol. The van der Waals surface area contributed by atoms with Crippen molar-refractivity contribution in [3.05, 3.63) is 84.2 Å². The number of anilines is 3. The first-order valence-corrected chi connectivity index (χ1v) is 12.4. The van der Waals surface area contributed by atoms with Crippen molar-refractivity contribution in [2.45, 2.75) is 23.8 Å². The summed E-state index contributed by atoms with van der Waals surface area (Å²) in [6.07, 6.45) is 2.27. The summed E-state index contributed by atoms with van der Waals surface area (Å²) in [7, 11) is -2.25. The zero-order chi connectivity index (χ0) is 24.1. The fraction of sp³-hybridized carbons (Fsp3) is 0.240. The summed E-state index contributed by atoms with van der Waals surface area (Å²) in [5.74, 6) is -1.03. The highest BCUT2D eigenvalue weighted by atomic mass is 32.2. The van der Waals surface area contributed by atoms with E-state index in [-0.39, 0.29) is 22.1 Å². The lowest BCUT2D eigenvalue weighted by atomic mass is 10.1. The number of amides is 1. The molecule has 7 nitrogen and oxygen atoms in total. The predicted octanol–water partition coefficient (Wildman–Crippen LogP) is 4.49. The molecule has 1 aliphatic rings. The number of carbonyl (C=O) groups is 1. The van der Waals surface area contributed by atoms with Gasteiger partial charge in [0.25, 0.3) is 15.9 Å². The Bertz CT molecular complexity index is 1260. The summed E-state index contributed by atoms with van der Waals surface area (Å²) in [4.78, 5) is 14.8. The number of piperidine rings is 1. The molecule has 0 spiro atoms. The monoisotopic (exact) mass is 483 g/mol. The Morgan fingerprint density at radius 3 is 2.35 bits per heavy atom. The van der Waals surface area contributed by atoms with Crippen LogP contribution < -0.4 is 14.9 Å². The Kier molecular flexibility index (Phi) is 7.14. The van der Waals surface area contributed by atoms with Gasteiger partial charge < -0.3 is 15.0 Å². The third-order valence-electron chi connectivity index (χ3n) is 5.75. The number of benzene rings is 3. The van der Waals surface area contributed by atoms with Gasteiger partial charge in [-0.2, -0.15) is 0 Å². The normalized spacial score (nSPS) is 14.6. The first-order chi connectivity index (χ1) is 16.3. The third kappa shape index (κ3) is 5.73. The summed E-state index contributed by atoms with van der Waals surface area (Å²) in [6.45, 7) is 1.84. The Balaban J connectivity index is 1.40. The minimum Gasteiger partial charge on any atom is -0.381 e. The summed E-state index contributed by atoms with van der Waals surface area (Å²) in [5.41, 5.74) is 2.20. The number of nitrogens with zero attached hydrogens (tertiary/aromatic N) is 1. The maximum absolute atomic E-state index is 13.4. The highest BCUT2D eigenvalue weighted by molar-refractivity contribution is 7.92. The quantitative estimate of drug-likeness (QED) is 0.517. The van der Waals surface area contributed by atoms with Crippen LogP contribution in [0.1, 0.15) is 23.2 Å². The second kappa shape index (κ2) is 10.2. The van der Waals surface area contributed by atoms with Crippen molar-refractivity contribution in [1.82, 2.24) is 0 Å². The van der Waals surface area contributed by atoms with Crippen LogP contribution in [0.15, 0.2) is 77.7 Å². The summed E-state index contributed by atoms with van der Waals surface area (Å²) >= 11 is 0. The number of nitrogens with one attached hydrogen (secondary N) is 2. The van der Waals surface area contributed by atoms with Gasteiger partial charge in [-0.1, -0.05) is 12.1 Å². The van der Waals surface area contributed by atoms with Gasteiger partial charge in [0.15, 0.2) is 0 Å². The molecule has 1 aliphatic heterocycles. The molecule has 34 heavy (non-hydrogen) atoms. The molecule has 0 atom stereocenters. The van der Waals surface area contributed by atoms with Gasteiger partial charge in [-0.3, -0.25) is 9.52 Å². The molecule has 9 heteroatoms. The van der Waals surface area contributed by atoms with Gasteiger partial charge in [0.2, 0.25) is 0 Å². The predicted molar refractivity (Wildman–Crippen MR) is 130 cm³/mol. The van der Waals surface area contributed by atoms with E-state index in [4.69, 9.17) is 4.74 Å². The molecule has 3 aromatic rings. The van der Waals surface area contributed by atoms with Crippen molar-refractivity contribution in [3.8, 4) is 0 Å². The summed E-state index contributed by atoms with van der Waals surface area (Å²) in [6, 6.07) is 18.4. The largest absolute Gasteiger partial charge is 0.381 e. The van der Waals surface area contributed by atoms with E-state index in [0.717, 1.165) is 37.7 Å². The Labute approximate surface area is 198 Å². The minimum absolute atomic E-state index is 0.200. The molecule has 2 N–H and O–H groups in total. The summed E-state index contributed by atoms with van der Waals surface area (Å²) < 4.78 is 46.3. The van der Waals surface area contributed by atoms with Crippen molar-refractivity contribution in [2.75, 3.05) is 35.1 Å².